The largest absolute Gasteiger partial charge is 0.411 e. The average molecular weight is 396 g/mol. The molecule has 2 aromatic heterocycles. The molecule has 0 saturated carbocycles. The van der Waals surface area contributed by atoms with E-state index in [1.807, 2.05) is 0 Å². The molecule has 4 N–H and O–H groups in total. The number of aliphatic hydroxyl groups is 2. The third-order valence-electron chi connectivity index (χ3n) is 5.85. The van der Waals surface area contributed by atoms with Gasteiger partial charge in [0.1, 0.15) is 23.7 Å². The number of anilines is 1. The summed E-state index contributed by atoms with van der Waals surface area (Å²) in [6, 6.07) is 0. The normalized spacial score (nSPS) is 23.2. The lowest BCUT2D eigenvalue weighted by atomic mass is 9.99. The summed E-state index contributed by atoms with van der Waals surface area (Å²) in [4.78, 5) is 12.5. The van der Waals surface area contributed by atoms with E-state index in [4.69, 9.17) is 14.9 Å². The molecule has 0 spiro atoms. The minimum atomic E-state index is -2.14. The average Bonchev–Trinajstić information content (AvgIpc) is 3.16. The van der Waals surface area contributed by atoms with Crippen molar-refractivity contribution in [1.82, 2.24) is 19.5 Å². The number of ether oxygens (including phenoxy) is 1. The first-order chi connectivity index (χ1) is 12.5. The standard InChI is InChI=1S/C17H29N5O4Si/c1-16(2,3)27(4,5)26-11-6-12(25-17(11,7-23)8-24)22-10-21-13-14(18)19-9-20-15(13)22/h9-12,23-24H,6-8H2,1-5H3,(H2,18,19,20)/t11-,12+/m0/s1. The molecule has 0 unspecified atom stereocenters. The zero-order valence-electron chi connectivity index (χ0n) is 16.5. The highest BCUT2D eigenvalue weighted by atomic mass is 28.4. The van der Waals surface area contributed by atoms with Crippen LogP contribution < -0.4 is 5.73 Å². The Hall–Kier alpha value is -1.59. The van der Waals surface area contributed by atoms with Crippen molar-refractivity contribution in [3.05, 3.63) is 12.7 Å². The van der Waals surface area contributed by atoms with Gasteiger partial charge in [-0.2, -0.15) is 0 Å². The van der Waals surface area contributed by atoms with E-state index < -0.39 is 26.3 Å². The second-order valence-corrected chi connectivity index (χ2v) is 13.4. The van der Waals surface area contributed by atoms with Gasteiger partial charge in [-0.25, -0.2) is 15.0 Å². The molecule has 9 nitrogen and oxygen atoms in total. The molecular formula is C17H29N5O4Si. The van der Waals surface area contributed by atoms with E-state index >= 15 is 0 Å². The van der Waals surface area contributed by atoms with Crippen molar-refractivity contribution in [2.45, 2.75) is 63.3 Å². The molecule has 27 heavy (non-hydrogen) atoms. The molecule has 150 valence electrons. The molecule has 0 aromatic carbocycles. The lowest BCUT2D eigenvalue weighted by Crippen LogP contribution is -2.54. The molecule has 3 rings (SSSR count). The zero-order chi connectivity index (χ0) is 20.0. The van der Waals surface area contributed by atoms with Gasteiger partial charge in [0.15, 0.2) is 19.8 Å². The van der Waals surface area contributed by atoms with Crippen LogP contribution >= 0.6 is 0 Å². The van der Waals surface area contributed by atoms with E-state index in [0.717, 1.165) is 0 Å². The molecular weight excluding hydrogens is 366 g/mol. The molecule has 1 aliphatic rings. The number of nitrogens with zero attached hydrogens (tertiary/aromatic N) is 4. The molecule has 1 saturated heterocycles. The number of rotatable bonds is 5. The van der Waals surface area contributed by atoms with Crippen LogP contribution in [0.15, 0.2) is 12.7 Å². The number of aliphatic hydroxyl groups excluding tert-OH is 2. The van der Waals surface area contributed by atoms with Crippen LogP contribution in [0.25, 0.3) is 11.2 Å². The number of imidazole rings is 1. The van der Waals surface area contributed by atoms with Crippen molar-refractivity contribution in [2.75, 3.05) is 18.9 Å². The number of nitrogen functional groups attached to an aromatic ring is 1. The number of hydrogen-bond donors (Lipinski definition) is 3. The van der Waals surface area contributed by atoms with Crippen molar-refractivity contribution < 1.29 is 19.4 Å². The summed E-state index contributed by atoms with van der Waals surface area (Å²) >= 11 is 0. The molecule has 3 heterocycles. The molecule has 0 amide bonds. The number of hydrogen-bond acceptors (Lipinski definition) is 8. The SMILES string of the molecule is CC(C)(C)[Si](C)(C)O[C@H]1C[C@H](n2cnc3c(N)ncnc32)OC1(CO)CO. The summed E-state index contributed by atoms with van der Waals surface area (Å²) in [6.45, 7) is 10.0. The topological polar surface area (TPSA) is 129 Å². The van der Waals surface area contributed by atoms with Crippen LogP contribution in [0.3, 0.4) is 0 Å². The smallest absolute Gasteiger partial charge is 0.192 e. The second kappa shape index (κ2) is 6.78. The summed E-state index contributed by atoms with van der Waals surface area (Å²) in [5.41, 5.74) is 5.72. The summed E-state index contributed by atoms with van der Waals surface area (Å²) in [5.74, 6) is 0.293. The fraction of sp³-hybridized carbons (Fsp3) is 0.706. The Bertz CT molecular complexity index is 815. The summed E-state index contributed by atoms with van der Waals surface area (Å²) in [5, 5.41) is 20.1. The van der Waals surface area contributed by atoms with Crippen molar-refractivity contribution in [2.24, 2.45) is 0 Å². The van der Waals surface area contributed by atoms with E-state index in [2.05, 4.69) is 48.8 Å². The first-order valence-corrected chi connectivity index (χ1v) is 12.0. The minimum Gasteiger partial charge on any atom is -0.411 e. The van der Waals surface area contributed by atoms with Gasteiger partial charge in [-0.1, -0.05) is 20.8 Å². The van der Waals surface area contributed by atoms with Gasteiger partial charge >= 0.3 is 0 Å². The molecule has 0 radical (unpaired) electrons. The van der Waals surface area contributed by atoms with Crippen molar-refractivity contribution in [3.8, 4) is 0 Å². The molecule has 2 atom stereocenters. The zero-order valence-corrected chi connectivity index (χ0v) is 17.5. The number of aromatic nitrogens is 4. The summed E-state index contributed by atoms with van der Waals surface area (Å²) < 4.78 is 14.4. The third-order valence-corrected chi connectivity index (χ3v) is 10.3. The van der Waals surface area contributed by atoms with Gasteiger partial charge in [-0.05, 0) is 18.1 Å². The van der Waals surface area contributed by atoms with E-state index in [9.17, 15) is 10.2 Å². The number of fused-ring (bicyclic) bond motifs is 1. The van der Waals surface area contributed by atoms with E-state index in [1.54, 1.807) is 10.9 Å². The predicted molar refractivity (Wildman–Crippen MR) is 103 cm³/mol. The van der Waals surface area contributed by atoms with E-state index in [-0.39, 0.29) is 18.3 Å². The second-order valence-electron chi connectivity index (χ2n) is 8.64. The van der Waals surface area contributed by atoms with Gasteiger partial charge in [0.2, 0.25) is 0 Å². The Balaban J connectivity index is 1.95. The van der Waals surface area contributed by atoms with Crippen LogP contribution in [0, 0.1) is 0 Å². The van der Waals surface area contributed by atoms with Gasteiger partial charge in [0.25, 0.3) is 0 Å². The van der Waals surface area contributed by atoms with Gasteiger partial charge in [-0.3, -0.25) is 4.57 Å². The highest BCUT2D eigenvalue weighted by molar-refractivity contribution is 6.74. The van der Waals surface area contributed by atoms with Gasteiger partial charge in [-0.15, -0.1) is 0 Å². The van der Waals surface area contributed by atoms with Crippen molar-refractivity contribution in [1.29, 1.82) is 0 Å². The van der Waals surface area contributed by atoms with Crippen molar-refractivity contribution in [3.63, 3.8) is 0 Å². The summed E-state index contributed by atoms with van der Waals surface area (Å²) in [7, 11) is -2.14. The van der Waals surface area contributed by atoms with Crippen LogP contribution in [0.2, 0.25) is 18.1 Å². The van der Waals surface area contributed by atoms with Gasteiger partial charge in [0, 0.05) is 6.42 Å². The van der Waals surface area contributed by atoms with Crippen LogP contribution in [0.4, 0.5) is 5.82 Å². The van der Waals surface area contributed by atoms with Gasteiger partial charge in [0.05, 0.1) is 25.6 Å². The molecule has 1 aliphatic heterocycles. The van der Waals surface area contributed by atoms with Crippen molar-refractivity contribution >= 4 is 25.3 Å². The van der Waals surface area contributed by atoms with Crippen LogP contribution in [0.1, 0.15) is 33.4 Å². The Labute approximate surface area is 159 Å². The number of nitrogens with two attached hydrogens (primary N) is 1. The van der Waals surface area contributed by atoms with E-state index in [1.165, 1.54) is 6.33 Å². The highest BCUT2D eigenvalue weighted by Crippen LogP contribution is 2.45. The first kappa shape index (κ1) is 20.1. The van der Waals surface area contributed by atoms with E-state index in [0.29, 0.717) is 23.4 Å². The lowest BCUT2D eigenvalue weighted by Gasteiger charge is -2.42. The third kappa shape index (κ3) is 3.36. The molecule has 1 fully saturated rings. The fourth-order valence-electron chi connectivity index (χ4n) is 3.06. The maximum atomic E-state index is 10.0. The Morgan fingerprint density at radius 3 is 2.56 bits per heavy atom. The monoisotopic (exact) mass is 395 g/mol. The van der Waals surface area contributed by atoms with Crippen LogP contribution in [0.5, 0.6) is 0 Å². The quantitative estimate of drug-likeness (QED) is 0.649. The lowest BCUT2D eigenvalue weighted by molar-refractivity contribution is -0.146. The van der Waals surface area contributed by atoms with Gasteiger partial charge < -0.3 is 25.1 Å². The molecule has 0 bridgehead atoms. The summed E-state index contributed by atoms with van der Waals surface area (Å²) in [6.07, 6.45) is 2.49. The molecule has 2 aromatic rings. The Kier molecular flexibility index (Phi) is 5.06. The predicted octanol–water partition coefficient (Wildman–Crippen LogP) is 1.44. The van der Waals surface area contributed by atoms with Crippen LogP contribution in [-0.4, -0.2) is 63.0 Å². The van der Waals surface area contributed by atoms with Crippen LogP contribution in [-0.2, 0) is 9.16 Å². The maximum Gasteiger partial charge on any atom is 0.192 e. The first-order valence-electron chi connectivity index (χ1n) is 9.05. The fourth-order valence-corrected chi connectivity index (χ4v) is 4.44. The highest BCUT2D eigenvalue weighted by Gasteiger charge is 2.53. The minimum absolute atomic E-state index is 0.00881. The Morgan fingerprint density at radius 1 is 1.30 bits per heavy atom. The molecule has 0 aliphatic carbocycles. The Morgan fingerprint density at radius 2 is 1.96 bits per heavy atom. The molecule has 10 heteroatoms. The maximum absolute atomic E-state index is 10.0.